The summed E-state index contributed by atoms with van der Waals surface area (Å²) in [4.78, 5) is 22.4. The second kappa shape index (κ2) is 5.13. The van der Waals surface area contributed by atoms with E-state index in [4.69, 9.17) is 0 Å². The van der Waals surface area contributed by atoms with Crippen LogP contribution in [-0.2, 0) is 0 Å². The van der Waals surface area contributed by atoms with Gasteiger partial charge in [0.1, 0.15) is 5.75 Å². The van der Waals surface area contributed by atoms with Gasteiger partial charge in [-0.05, 0) is 43.2 Å². The number of rotatable bonds is 3. The Bertz CT molecular complexity index is 667. The average molecular weight is 271 g/mol. The van der Waals surface area contributed by atoms with E-state index >= 15 is 0 Å². The van der Waals surface area contributed by atoms with Gasteiger partial charge >= 0.3 is 0 Å². The van der Waals surface area contributed by atoms with E-state index in [1.165, 1.54) is 30.3 Å². The first kappa shape index (κ1) is 13.7. The molecule has 0 radical (unpaired) electrons. The quantitative estimate of drug-likeness (QED) is 0.528. The van der Waals surface area contributed by atoms with Gasteiger partial charge in [0, 0.05) is 17.7 Å². The van der Waals surface area contributed by atoms with Crippen molar-refractivity contribution in [3.8, 4) is 5.75 Å². The molecule has 0 spiro atoms. The number of non-ortho nitro benzene ring substituents is 1. The summed E-state index contributed by atoms with van der Waals surface area (Å²) < 4.78 is 0. The van der Waals surface area contributed by atoms with Crippen molar-refractivity contribution in [2.75, 3.05) is 0 Å². The monoisotopic (exact) mass is 271 g/mol. The lowest BCUT2D eigenvalue weighted by Crippen LogP contribution is -2.04. The molecule has 5 heteroatoms. The lowest BCUT2D eigenvalue weighted by Gasteiger charge is -2.09. The molecule has 102 valence electrons. The van der Waals surface area contributed by atoms with Crippen molar-refractivity contribution in [1.29, 1.82) is 0 Å². The fraction of sp³-hybridized carbons (Fsp3) is 0.133. The molecule has 2 rings (SSSR count). The van der Waals surface area contributed by atoms with Crippen LogP contribution in [0.1, 0.15) is 27.0 Å². The molecular formula is C15H13NO4. The van der Waals surface area contributed by atoms with Crippen molar-refractivity contribution < 1.29 is 14.8 Å². The molecule has 0 aliphatic rings. The fourth-order valence-electron chi connectivity index (χ4n) is 2.12. The summed E-state index contributed by atoms with van der Waals surface area (Å²) in [5.41, 5.74) is 1.99. The lowest BCUT2D eigenvalue weighted by molar-refractivity contribution is -0.384. The van der Waals surface area contributed by atoms with Gasteiger partial charge in [-0.15, -0.1) is 0 Å². The number of hydrogen-bond acceptors (Lipinski definition) is 4. The van der Waals surface area contributed by atoms with E-state index < -0.39 is 4.92 Å². The molecule has 0 bridgehead atoms. The number of nitro groups is 1. The van der Waals surface area contributed by atoms with E-state index in [0.29, 0.717) is 11.1 Å². The molecule has 0 unspecified atom stereocenters. The van der Waals surface area contributed by atoms with Crippen molar-refractivity contribution in [3.05, 3.63) is 68.8 Å². The molecule has 0 aliphatic heterocycles. The van der Waals surface area contributed by atoms with E-state index in [0.717, 1.165) is 5.56 Å². The Kier molecular flexibility index (Phi) is 3.52. The van der Waals surface area contributed by atoms with Crippen LogP contribution in [0.25, 0.3) is 0 Å². The van der Waals surface area contributed by atoms with E-state index in [9.17, 15) is 20.0 Å². The summed E-state index contributed by atoms with van der Waals surface area (Å²) in [6.45, 7) is 3.57. The number of aromatic hydroxyl groups is 1. The molecule has 0 heterocycles. The van der Waals surface area contributed by atoms with Gasteiger partial charge < -0.3 is 5.11 Å². The topological polar surface area (TPSA) is 80.4 Å². The average Bonchev–Trinajstić information content (AvgIpc) is 2.37. The molecule has 2 aromatic rings. The van der Waals surface area contributed by atoms with Gasteiger partial charge in [-0.1, -0.05) is 6.07 Å². The Labute approximate surface area is 115 Å². The number of hydrogen-bond donors (Lipinski definition) is 1. The predicted octanol–water partition coefficient (Wildman–Crippen LogP) is 3.15. The number of nitro benzene ring substituents is 1. The molecule has 0 atom stereocenters. The first-order valence-corrected chi connectivity index (χ1v) is 5.99. The summed E-state index contributed by atoms with van der Waals surface area (Å²) in [5.74, 6) is -0.430. The molecule has 0 saturated heterocycles. The van der Waals surface area contributed by atoms with Gasteiger partial charge in [-0.2, -0.15) is 0 Å². The fourth-order valence-corrected chi connectivity index (χ4v) is 2.12. The number of aryl methyl sites for hydroxylation is 2. The molecule has 0 aliphatic carbocycles. The van der Waals surface area contributed by atoms with E-state index in [2.05, 4.69) is 0 Å². The summed E-state index contributed by atoms with van der Waals surface area (Å²) >= 11 is 0. The van der Waals surface area contributed by atoms with E-state index in [-0.39, 0.29) is 22.8 Å². The van der Waals surface area contributed by atoms with E-state index in [1.54, 1.807) is 13.0 Å². The summed E-state index contributed by atoms with van der Waals surface area (Å²) in [6.07, 6.45) is 0. The molecule has 0 fully saturated rings. The Hall–Kier alpha value is -2.69. The highest BCUT2D eigenvalue weighted by Crippen LogP contribution is 2.26. The van der Waals surface area contributed by atoms with Gasteiger partial charge in [0.2, 0.25) is 0 Å². The minimum Gasteiger partial charge on any atom is -0.507 e. The second-order valence-corrected chi connectivity index (χ2v) is 4.61. The van der Waals surface area contributed by atoms with Gasteiger partial charge in [-0.3, -0.25) is 14.9 Å². The summed E-state index contributed by atoms with van der Waals surface area (Å²) in [6, 6.07) is 8.64. The van der Waals surface area contributed by atoms with Crippen molar-refractivity contribution >= 4 is 11.5 Å². The Balaban J connectivity index is 2.44. The molecule has 0 saturated carbocycles. The number of carbonyl (C=O) groups is 1. The van der Waals surface area contributed by atoms with Crippen LogP contribution in [0.3, 0.4) is 0 Å². The van der Waals surface area contributed by atoms with Gasteiger partial charge in [0.05, 0.1) is 10.5 Å². The van der Waals surface area contributed by atoms with Crippen LogP contribution in [0.5, 0.6) is 5.75 Å². The normalized spacial score (nSPS) is 10.3. The van der Waals surface area contributed by atoms with Crippen molar-refractivity contribution in [2.24, 2.45) is 0 Å². The number of phenolic OH excluding ortho intramolecular Hbond substituents is 1. The summed E-state index contributed by atoms with van der Waals surface area (Å²) in [7, 11) is 0. The Morgan fingerprint density at radius 3 is 2.25 bits per heavy atom. The van der Waals surface area contributed by atoms with Crippen LogP contribution >= 0.6 is 0 Å². The number of phenols is 1. The highest BCUT2D eigenvalue weighted by molar-refractivity contribution is 6.11. The second-order valence-electron chi connectivity index (χ2n) is 4.61. The maximum atomic E-state index is 12.4. The van der Waals surface area contributed by atoms with Crippen LogP contribution in [0.15, 0.2) is 36.4 Å². The molecule has 20 heavy (non-hydrogen) atoms. The van der Waals surface area contributed by atoms with Crippen LogP contribution in [-0.4, -0.2) is 15.8 Å². The Morgan fingerprint density at radius 2 is 1.75 bits per heavy atom. The van der Waals surface area contributed by atoms with Gasteiger partial charge in [0.15, 0.2) is 5.78 Å². The van der Waals surface area contributed by atoms with Crippen molar-refractivity contribution in [3.63, 3.8) is 0 Å². The van der Waals surface area contributed by atoms with Gasteiger partial charge in [0.25, 0.3) is 5.69 Å². The molecule has 1 N–H and O–H groups in total. The molecule has 5 nitrogen and oxygen atoms in total. The third-order valence-corrected chi connectivity index (χ3v) is 3.03. The minimum atomic E-state index is -0.525. The molecule has 0 aromatic heterocycles. The maximum Gasteiger partial charge on any atom is 0.269 e. The lowest BCUT2D eigenvalue weighted by atomic mass is 9.96. The third kappa shape index (κ3) is 2.51. The smallest absolute Gasteiger partial charge is 0.269 e. The first-order chi connectivity index (χ1) is 9.40. The highest BCUT2D eigenvalue weighted by Gasteiger charge is 2.17. The molecule has 0 amide bonds. The van der Waals surface area contributed by atoms with Gasteiger partial charge in [-0.25, -0.2) is 0 Å². The van der Waals surface area contributed by atoms with E-state index in [1.807, 2.05) is 6.92 Å². The molecule has 2 aromatic carbocycles. The zero-order valence-corrected chi connectivity index (χ0v) is 11.1. The summed E-state index contributed by atoms with van der Waals surface area (Å²) in [5, 5.41) is 20.5. The predicted molar refractivity (Wildman–Crippen MR) is 74.1 cm³/mol. The van der Waals surface area contributed by atoms with Crippen LogP contribution in [0, 0.1) is 24.0 Å². The SMILES string of the molecule is Cc1cc(C)c(C(=O)c2ccc([N+](=O)[O-])cc2)c(O)c1. The van der Waals surface area contributed by atoms with Crippen molar-refractivity contribution in [1.82, 2.24) is 0 Å². The van der Waals surface area contributed by atoms with Crippen molar-refractivity contribution in [2.45, 2.75) is 13.8 Å². The Morgan fingerprint density at radius 1 is 1.15 bits per heavy atom. The first-order valence-electron chi connectivity index (χ1n) is 5.99. The maximum absolute atomic E-state index is 12.4. The third-order valence-electron chi connectivity index (χ3n) is 3.03. The van der Waals surface area contributed by atoms with Crippen LogP contribution in [0.4, 0.5) is 5.69 Å². The largest absolute Gasteiger partial charge is 0.507 e. The standard InChI is InChI=1S/C15H13NO4/c1-9-7-10(2)14(13(17)8-9)15(18)11-3-5-12(6-4-11)16(19)20/h3-8,17H,1-2H3. The minimum absolute atomic E-state index is 0.0774. The van der Waals surface area contributed by atoms with Crippen LogP contribution in [0.2, 0.25) is 0 Å². The number of carbonyl (C=O) groups excluding carboxylic acids is 1. The number of nitrogens with zero attached hydrogens (tertiary/aromatic N) is 1. The molecular weight excluding hydrogens is 258 g/mol. The van der Waals surface area contributed by atoms with Crippen LogP contribution < -0.4 is 0 Å². The number of ketones is 1. The zero-order valence-electron chi connectivity index (χ0n) is 11.1. The highest BCUT2D eigenvalue weighted by atomic mass is 16.6. The number of benzene rings is 2. The zero-order chi connectivity index (χ0) is 14.9.